The van der Waals surface area contributed by atoms with Crippen LogP contribution in [-0.2, 0) is 26.2 Å². The van der Waals surface area contributed by atoms with Gasteiger partial charge in [0, 0.05) is 25.7 Å². The fourth-order valence-corrected chi connectivity index (χ4v) is 2.98. The van der Waals surface area contributed by atoms with Crippen LogP contribution in [0.4, 0.5) is 0 Å². The van der Waals surface area contributed by atoms with Crippen molar-refractivity contribution in [2.75, 3.05) is 14.1 Å². The third-order valence-electron chi connectivity index (χ3n) is 3.63. The Morgan fingerprint density at radius 2 is 1.89 bits per heavy atom. The molecule has 0 saturated carbocycles. The predicted molar refractivity (Wildman–Crippen MR) is 95.3 cm³/mol. The van der Waals surface area contributed by atoms with Crippen molar-refractivity contribution in [3.8, 4) is 0 Å². The molecule has 0 bridgehead atoms. The number of carbonyl (C=O) groups is 2. The van der Waals surface area contributed by atoms with E-state index in [9.17, 15) is 18.0 Å². The van der Waals surface area contributed by atoms with E-state index in [0.29, 0.717) is 11.5 Å². The molecule has 0 radical (unpaired) electrons. The largest absolute Gasteiger partial charge is 0.456 e. The van der Waals surface area contributed by atoms with E-state index < -0.39 is 27.9 Å². The number of rotatable bonds is 7. The van der Waals surface area contributed by atoms with E-state index in [1.54, 1.807) is 13.0 Å². The summed E-state index contributed by atoms with van der Waals surface area (Å²) in [6, 6.07) is 6.16. The summed E-state index contributed by atoms with van der Waals surface area (Å²) >= 11 is 0. The maximum absolute atomic E-state index is 12.2. The molecule has 0 aliphatic heterocycles. The Labute approximate surface area is 157 Å². The second-order valence-electron chi connectivity index (χ2n) is 6.05. The fraction of sp³-hybridized carbons (Fsp3) is 0.353. The van der Waals surface area contributed by atoms with Crippen LogP contribution < -0.4 is 5.32 Å². The van der Waals surface area contributed by atoms with Crippen LogP contribution in [0.15, 0.2) is 39.8 Å². The standard InChI is InChI=1S/C17H21N3O6S/c1-11-9-14(26-19-11)10-25-17(22)12(2)18-16(21)13-5-7-15(8-6-13)27(23,24)20(3)4/h5-9,12H,10H2,1-4H3,(H,18,21). The number of nitrogens with one attached hydrogen (secondary N) is 1. The molecule has 1 N–H and O–H groups in total. The highest BCUT2D eigenvalue weighted by Gasteiger charge is 2.20. The minimum atomic E-state index is -3.57. The summed E-state index contributed by atoms with van der Waals surface area (Å²) in [5.74, 6) is -0.759. The number of benzene rings is 1. The van der Waals surface area contributed by atoms with Crippen LogP contribution in [0.5, 0.6) is 0 Å². The van der Waals surface area contributed by atoms with Crippen LogP contribution in [0.1, 0.15) is 28.7 Å². The number of esters is 1. The van der Waals surface area contributed by atoms with Gasteiger partial charge in [-0.05, 0) is 38.1 Å². The van der Waals surface area contributed by atoms with Gasteiger partial charge in [0.25, 0.3) is 5.91 Å². The zero-order valence-corrected chi connectivity index (χ0v) is 16.2. The second kappa shape index (κ2) is 8.31. The van der Waals surface area contributed by atoms with Crippen molar-refractivity contribution in [1.82, 2.24) is 14.8 Å². The number of carbonyl (C=O) groups excluding carboxylic acids is 2. The maximum Gasteiger partial charge on any atom is 0.328 e. The molecule has 1 aromatic heterocycles. The number of nitrogens with zero attached hydrogens (tertiary/aromatic N) is 2. The smallest absolute Gasteiger partial charge is 0.328 e. The molecule has 0 saturated heterocycles. The van der Waals surface area contributed by atoms with E-state index in [0.717, 1.165) is 4.31 Å². The van der Waals surface area contributed by atoms with Gasteiger partial charge >= 0.3 is 5.97 Å². The van der Waals surface area contributed by atoms with Crippen molar-refractivity contribution < 1.29 is 27.3 Å². The van der Waals surface area contributed by atoms with E-state index in [-0.39, 0.29) is 17.1 Å². The van der Waals surface area contributed by atoms with Crippen LogP contribution >= 0.6 is 0 Å². The molecule has 1 atom stereocenters. The summed E-state index contributed by atoms with van der Waals surface area (Å²) in [6.45, 7) is 3.14. The summed E-state index contributed by atoms with van der Waals surface area (Å²) in [5, 5.41) is 6.18. The molecule has 1 amide bonds. The van der Waals surface area contributed by atoms with Gasteiger partial charge < -0.3 is 14.6 Å². The Hall–Kier alpha value is -2.72. The van der Waals surface area contributed by atoms with Crippen molar-refractivity contribution in [3.63, 3.8) is 0 Å². The van der Waals surface area contributed by atoms with Gasteiger partial charge in [-0.1, -0.05) is 5.16 Å². The van der Waals surface area contributed by atoms with Gasteiger partial charge in [0.15, 0.2) is 12.4 Å². The molecule has 146 valence electrons. The molecule has 2 aromatic rings. The molecule has 0 aliphatic rings. The molecule has 0 fully saturated rings. The molecule has 1 heterocycles. The first-order chi connectivity index (χ1) is 12.6. The average molecular weight is 395 g/mol. The van der Waals surface area contributed by atoms with E-state index in [2.05, 4.69) is 10.5 Å². The topological polar surface area (TPSA) is 119 Å². The van der Waals surface area contributed by atoms with Crippen molar-refractivity contribution >= 4 is 21.9 Å². The second-order valence-corrected chi connectivity index (χ2v) is 8.20. The lowest BCUT2D eigenvalue weighted by Crippen LogP contribution is -2.39. The van der Waals surface area contributed by atoms with Crippen LogP contribution in [0, 0.1) is 6.92 Å². The highest BCUT2D eigenvalue weighted by Crippen LogP contribution is 2.14. The number of ether oxygens (including phenoxy) is 1. The number of amides is 1. The fourth-order valence-electron chi connectivity index (χ4n) is 2.08. The molecule has 1 aromatic carbocycles. The van der Waals surface area contributed by atoms with Gasteiger partial charge in [-0.3, -0.25) is 4.79 Å². The minimum Gasteiger partial charge on any atom is -0.456 e. The first kappa shape index (κ1) is 20.6. The van der Waals surface area contributed by atoms with E-state index >= 15 is 0 Å². The zero-order valence-electron chi connectivity index (χ0n) is 15.4. The number of hydrogen-bond acceptors (Lipinski definition) is 7. The van der Waals surface area contributed by atoms with Gasteiger partial charge in [-0.2, -0.15) is 0 Å². The lowest BCUT2D eigenvalue weighted by atomic mass is 10.2. The first-order valence-corrected chi connectivity index (χ1v) is 9.47. The highest BCUT2D eigenvalue weighted by molar-refractivity contribution is 7.89. The zero-order chi connectivity index (χ0) is 20.2. The molecule has 10 heteroatoms. The van der Waals surface area contributed by atoms with Crippen molar-refractivity contribution in [2.45, 2.75) is 31.4 Å². The van der Waals surface area contributed by atoms with Crippen LogP contribution in [-0.4, -0.2) is 49.9 Å². The quantitative estimate of drug-likeness (QED) is 0.697. The van der Waals surface area contributed by atoms with Crippen molar-refractivity contribution in [1.29, 1.82) is 0 Å². The monoisotopic (exact) mass is 395 g/mol. The SMILES string of the molecule is Cc1cc(COC(=O)C(C)NC(=O)c2ccc(S(=O)(=O)N(C)C)cc2)on1. The van der Waals surface area contributed by atoms with Gasteiger partial charge in [0.1, 0.15) is 6.04 Å². The Bertz CT molecular complexity index is 918. The Morgan fingerprint density at radius 1 is 1.26 bits per heavy atom. The number of aromatic nitrogens is 1. The third kappa shape index (κ3) is 5.14. The van der Waals surface area contributed by atoms with Crippen LogP contribution in [0.2, 0.25) is 0 Å². The van der Waals surface area contributed by atoms with Crippen LogP contribution in [0.3, 0.4) is 0 Å². The molecule has 0 aliphatic carbocycles. The summed E-state index contributed by atoms with van der Waals surface area (Å²) in [4.78, 5) is 24.3. The maximum atomic E-state index is 12.2. The summed E-state index contributed by atoms with van der Waals surface area (Å²) in [6.07, 6.45) is 0. The summed E-state index contributed by atoms with van der Waals surface area (Å²) < 4.78 is 35.1. The van der Waals surface area contributed by atoms with E-state index in [1.165, 1.54) is 45.3 Å². The van der Waals surface area contributed by atoms with Crippen LogP contribution in [0.25, 0.3) is 0 Å². The molecule has 0 spiro atoms. The van der Waals surface area contributed by atoms with Gasteiger partial charge in [0.2, 0.25) is 10.0 Å². The Morgan fingerprint density at radius 3 is 2.41 bits per heavy atom. The normalized spacial score (nSPS) is 12.6. The lowest BCUT2D eigenvalue weighted by Gasteiger charge is -2.14. The molecule has 9 nitrogen and oxygen atoms in total. The van der Waals surface area contributed by atoms with Gasteiger partial charge in [0.05, 0.1) is 10.6 Å². The molecular weight excluding hydrogens is 374 g/mol. The number of hydrogen-bond donors (Lipinski definition) is 1. The van der Waals surface area contributed by atoms with E-state index in [1.807, 2.05) is 0 Å². The Kier molecular flexibility index (Phi) is 6.34. The van der Waals surface area contributed by atoms with Gasteiger partial charge in [-0.15, -0.1) is 0 Å². The molecule has 27 heavy (non-hydrogen) atoms. The van der Waals surface area contributed by atoms with Gasteiger partial charge in [-0.25, -0.2) is 17.5 Å². The first-order valence-electron chi connectivity index (χ1n) is 8.03. The number of aryl methyl sites for hydroxylation is 1. The third-order valence-corrected chi connectivity index (χ3v) is 5.46. The number of sulfonamides is 1. The molecule has 1 unspecified atom stereocenters. The molecule has 2 rings (SSSR count). The lowest BCUT2D eigenvalue weighted by molar-refractivity contribution is -0.147. The van der Waals surface area contributed by atoms with E-state index in [4.69, 9.17) is 9.26 Å². The minimum absolute atomic E-state index is 0.0684. The van der Waals surface area contributed by atoms with Crippen molar-refractivity contribution in [2.24, 2.45) is 0 Å². The average Bonchev–Trinajstić information content (AvgIpc) is 3.04. The Balaban J connectivity index is 1.94. The van der Waals surface area contributed by atoms with Crippen molar-refractivity contribution in [3.05, 3.63) is 47.3 Å². The summed E-state index contributed by atoms with van der Waals surface area (Å²) in [5.41, 5.74) is 0.889. The highest BCUT2D eigenvalue weighted by atomic mass is 32.2. The predicted octanol–water partition coefficient (Wildman–Crippen LogP) is 1.10. The summed E-state index contributed by atoms with van der Waals surface area (Å²) in [7, 11) is -0.734. The molecular formula is C17H21N3O6S.